The van der Waals surface area contributed by atoms with Gasteiger partial charge in [0, 0.05) is 25.0 Å². The van der Waals surface area contributed by atoms with Crippen molar-refractivity contribution in [3.8, 4) is 0 Å². The normalized spacial score (nSPS) is 23.1. The predicted octanol–water partition coefficient (Wildman–Crippen LogP) is 1.47. The Balaban J connectivity index is 2.19. The summed E-state index contributed by atoms with van der Waals surface area (Å²) in [6, 6.07) is 2.46. The Morgan fingerprint density at radius 3 is 2.75 bits per heavy atom. The van der Waals surface area contributed by atoms with E-state index >= 15 is 0 Å². The molecule has 0 amide bonds. The Morgan fingerprint density at radius 1 is 1.42 bits per heavy atom. The molecule has 1 aliphatic heterocycles. The summed E-state index contributed by atoms with van der Waals surface area (Å²) in [5.41, 5.74) is 0. The number of rotatable bonds is 1. The summed E-state index contributed by atoms with van der Waals surface area (Å²) in [6.07, 6.45) is 6.12. The lowest BCUT2D eigenvalue weighted by Gasteiger charge is -2.20. The van der Waals surface area contributed by atoms with Gasteiger partial charge in [-0.15, -0.1) is 0 Å². The first-order chi connectivity index (χ1) is 5.88. The van der Waals surface area contributed by atoms with Crippen molar-refractivity contribution >= 4 is 5.95 Å². The Morgan fingerprint density at radius 2 is 2.17 bits per heavy atom. The monoisotopic (exact) mass is 163 g/mol. The Labute approximate surface area is 72.4 Å². The van der Waals surface area contributed by atoms with E-state index in [1.807, 2.05) is 6.07 Å². The van der Waals surface area contributed by atoms with E-state index in [4.69, 9.17) is 0 Å². The van der Waals surface area contributed by atoms with Gasteiger partial charge >= 0.3 is 0 Å². The average molecular weight is 163 g/mol. The Hall–Kier alpha value is -1.12. The molecule has 1 aromatic heterocycles. The van der Waals surface area contributed by atoms with Crippen molar-refractivity contribution in [2.24, 2.45) is 0 Å². The molecule has 0 aromatic carbocycles. The molecule has 0 bridgehead atoms. The van der Waals surface area contributed by atoms with Crippen LogP contribution in [-0.4, -0.2) is 22.6 Å². The summed E-state index contributed by atoms with van der Waals surface area (Å²) in [4.78, 5) is 10.7. The van der Waals surface area contributed by atoms with Crippen molar-refractivity contribution < 1.29 is 0 Å². The molecule has 3 nitrogen and oxygen atoms in total. The first-order valence-corrected chi connectivity index (χ1v) is 4.41. The fourth-order valence-electron chi connectivity index (χ4n) is 1.67. The van der Waals surface area contributed by atoms with Crippen LogP contribution >= 0.6 is 0 Å². The lowest BCUT2D eigenvalue weighted by Crippen LogP contribution is -2.27. The van der Waals surface area contributed by atoms with Crippen LogP contribution in [0.25, 0.3) is 0 Å². The van der Waals surface area contributed by atoms with Crippen molar-refractivity contribution in [2.45, 2.75) is 25.8 Å². The summed E-state index contributed by atoms with van der Waals surface area (Å²) in [7, 11) is 0. The first kappa shape index (κ1) is 7.53. The molecule has 1 fully saturated rings. The van der Waals surface area contributed by atoms with Gasteiger partial charge in [-0.1, -0.05) is 0 Å². The van der Waals surface area contributed by atoms with Gasteiger partial charge in [-0.3, -0.25) is 0 Å². The largest absolute Gasteiger partial charge is 0.338 e. The van der Waals surface area contributed by atoms with E-state index in [-0.39, 0.29) is 0 Å². The van der Waals surface area contributed by atoms with Crippen LogP contribution in [0.4, 0.5) is 5.95 Å². The van der Waals surface area contributed by atoms with Crippen molar-refractivity contribution in [3.05, 3.63) is 18.5 Å². The molecule has 0 unspecified atom stereocenters. The molecule has 1 atom stereocenters. The van der Waals surface area contributed by atoms with Gasteiger partial charge in [0.15, 0.2) is 0 Å². The van der Waals surface area contributed by atoms with E-state index in [0.29, 0.717) is 6.04 Å². The van der Waals surface area contributed by atoms with Crippen LogP contribution in [0, 0.1) is 0 Å². The van der Waals surface area contributed by atoms with Crippen molar-refractivity contribution in [3.63, 3.8) is 0 Å². The number of anilines is 1. The number of hydrogen-bond acceptors (Lipinski definition) is 3. The number of nitrogens with zero attached hydrogens (tertiary/aromatic N) is 3. The lowest BCUT2D eigenvalue weighted by molar-refractivity contribution is 0.717. The molecule has 1 saturated heterocycles. The summed E-state index contributed by atoms with van der Waals surface area (Å²) < 4.78 is 0. The highest BCUT2D eigenvalue weighted by Crippen LogP contribution is 2.20. The van der Waals surface area contributed by atoms with E-state index in [0.717, 1.165) is 12.5 Å². The molecule has 0 aliphatic carbocycles. The smallest absolute Gasteiger partial charge is 0.225 e. The Kier molecular flexibility index (Phi) is 1.94. The van der Waals surface area contributed by atoms with Crippen molar-refractivity contribution in [1.29, 1.82) is 0 Å². The molecule has 1 aliphatic rings. The highest BCUT2D eigenvalue weighted by Gasteiger charge is 2.21. The van der Waals surface area contributed by atoms with Gasteiger partial charge in [-0.25, -0.2) is 9.97 Å². The van der Waals surface area contributed by atoms with Gasteiger partial charge in [-0.2, -0.15) is 0 Å². The average Bonchev–Trinajstić information content (AvgIpc) is 2.53. The second-order valence-electron chi connectivity index (χ2n) is 3.23. The zero-order valence-corrected chi connectivity index (χ0v) is 7.27. The third kappa shape index (κ3) is 1.26. The SMILES string of the molecule is C[C@H]1CCCN1c1ncccn1. The maximum Gasteiger partial charge on any atom is 0.225 e. The topological polar surface area (TPSA) is 29.0 Å². The van der Waals surface area contributed by atoms with E-state index in [1.54, 1.807) is 12.4 Å². The van der Waals surface area contributed by atoms with Crippen LogP contribution in [0.3, 0.4) is 0 Å². The van der Waals surface area contributed by atoms with Crippen LogP contribution in [0.15, 0.2) is 18.5 Å². The van der Waals surface area contributed by atoms with E-state index < -0.39 is 0 Å². The fraction of sp³-hybridized carbons (Fsp3) is 0.556. The molecule has 2 rings (SSSR count). The van der Waals surface area contributed by atoms with Crippen LogP contribution in [0.1, 0.15) is 19.8 Å². The summed E-state index contributed by atoms with van der Waals surface area (Å²) in [6.45, 7) is 3.33. The minimum Gasteiger partial charge on any atom is -0.338 e. The second kappa shape index (κ2) is 3.09. The van der Waals surface area contributed by atoms with Crippen molar-refractivity contribution in [1.82, 2.24) is 9.97 Å². The standard InChI is InChI=1S/C9H13N3/c1-8-4-2-7-12(8)9-10-5-3-6-11-9/h3,5-6,8H,2,4,7H2,1H3/t8-/m0/s1. The van der Waals surface area contributed by atoms with Gasteiger partial charge in [0.25, 0.3) is 0 Å². The van der Waals surface area contributed by atoms with Gasteiger partial charge in [0.1, 0.15) is 0 Å². The molecule has 3 heteroatoms. The molecular formula is C9H13N3. The quantitative estimate of drug-likeness (QED) is 0.627. The third-order valence-corrected chi connectivity index (χ3v) is 2.36. The highest BCUT2D eigenvalue weighted by atomic mass is 15.3. The number of hydrogen-bond donors (Lipinski definition) is 0. The number of aromatic nitrogens is 2. The second-order valence-corrected chi connectivity index (χ2v) is 3.23. The summed E-state index contributed by atoms with van der Waals surface area (Å²) in [5, 5.41) is 0. The maximum atomic E-state index is 4.23. The summed E-state index contributed by atoms with van der Waals surface area (Å²) >= 11 is 0. The van der Waals surface area contributed by atoms with Crippen LogP contribution in [0.2, 0.25) is 0 Å². The molecule has 0 spiro atoms. The van der Waals surface area contributed by atoms with Crippen LogP contribution in [-0.2, 0) is 0 Å². The fourth-order valence-corrected chi connectivity index (χ4v) is 1.67. The molecule has 0 N–H and O–H groups in total. The molecular weight excluding hydrogens is 150 g/mol. The minimum atomic E-state index is 0.604. The first-order valence-electron chi connectivity index (χ1n) is 4.41. The van der Waals surface area contributed by atoms with Gasteiger partial charge in [-0.05, 0) is 25.8 Å². The molecule has 2 heterocycles. The van der Waals surface area contributed by atoms with Gasteiger partial charge in [0.05, 0.1) is 0 Å². The molecule has 64 valence electrons. The zero-order chi connectivity index (χ0) is 8.39. The van der Waals surface area contributed by atoms with Crippen LogP contribution < -0.4 is 4.90 Å². The zero-order valence-electron chi connectivity index (χ0n) is 7.27. The van der Waals surface area contributed by atoms with E-state index in [1.165, 1.54) is 12.8 Å². The van der Waals surface area contributed by atoms with E-state index in [2.05, 4.69) is 21.8 Å². The van der Waals surface area contributed by atoms with Gasteiger partial charge in [0.2, 0.25) is 5.95 Å². The van der Waals surface area contributed by atoms with E-state index in [9.17, 15) is 0 Å². The molecule has 0 radical (unpaired) electrons. The molecule has 0 saturated carbocycles. The Bertz CT molecular complexity index is 247. The summed E-state index contributed by atoms with van der Waals surface area (Å²) in [5.74, 6) is 0.877. The lowest BCUT2D eigenvalue weighted by atomic mass is 10.2. The van der Waals surface area contributed by atoms with Crippen LogP contribution in [0.5, 0.6) is 0 Å². The maximum absolute atomic E-state index is 4.23. The third-order valence-electron chi connectivity index (χ3n) is 2.36. The predicted molar refractivity (Wildman–Crippen MR) is 48.1 cm³/mol. The van der Waals surface area contributed by atoms with Crippen molar-refractivity contribution in [2.75, 3.05) is 11.4 Å². The molecule has 1 aromatic rings. The highest BCUT2D eigenvalue weighted by molar-refractivity contribution is 5.31. The minimum absolute atomic E-state index is 0.604. The molecule has 12 heavy (non-hydrogen) atoms. The van der Waals surface area contributed by atoms with Gasteiger partial charge < -0.3 is 4.90 Å².